The Morgan fingerprint density at radius 3 is 3.15 bits per heavy atom. The zero-order chi connectivity index (χ0) is 13.8. The smallest absolute Gasteiger partial charge is 0.248 e. The van der Waals surface area contributed by atoms with Crippen molar-refractivity contribution in [2.75, 3.05) is 6.54 Å². The molecule has 1 aliphatic carbocycles. The van der Waals surface area contributed by atoms with Crippen LogP contribution in [0.4, 0.5) is 0 Å². The summed E-state index contributed by atoms with van der Waals surface area (Å²) in [4.78, 5) is 18.5. The van der Waals surface area contributed by atoms with E-state index in [1.807, 2.05) is 18.3 Å². The highest BCUT2D eigenvalue weighted by Gasteiger charge is 2.19. The lowest BCUT2D eigenvalue weighted by Crippen LogP contribution is -2.28. The summed E-state index contributed by atoms with van der Waals surface area (Å²) in [7, 11) is 0. The van der Waals surface area contributed by atoms with Crippen molar-refractivity contribution in [1.29, 1.82) is 0 Å². The number of hydrogen-bond donors (Lipinski definition) is 2. The van der Waals surface area contributed by atoms with E-state index in [1.165, 1.54) is 11.1 Å². The van der Waals surface area contributed by atoms with Crippen molar-refractivity contribution in [2.45, 2.75) is 31.7 Å². The molecule has 2 heterocycles. The largest absolute Gasteiger partial charge is 0.326 e. The summed E-state index contributed by atoms with van der Waals surface area (Å²) in [6.45, 7) is 0.926. The molecule has 1 atom stereocenters. The number of nitrogens with one attached hydrogen (secondary N) is 2. The molecule has 3 rings (SSSR count). The first-order chi connectivity index (χ1) is 9.83. The average molecular weight is 269 g/mol. The van der Waals surface area contributed by atoms with Crippen LogP contribution in [0, 0.1) is 0 Å². The molecule has 4 nitrogen and oxygen atoms in total. The molecule has 0 aromatic carbocycles. The van der Waals surface area contributed by atoms with Crippen molar-refractivity contribution >= 4 is 0 Å². The van der Waals surface area contributed by atoms with Gasteiger partial charge in [0.1, 0.15) is 0 Å². The van der Waals surface area contributed by atoms with Crippen LogP contribution < -0.4 is 10.9 Å². The lowest BCUT2D eigenvalue weighted by atomic mass is 9.91. The molecule has 0 aliphatic heterocycles. The molecule has 104 valence electrons. The minimum Gasteiger partial charge on any atom is -0.326 e. The molecule has 0 radical (unpaired) electrons. The zero-order valence-electron chi connectivity index (χ0n) is 11.4. The number of aromatic amines is 1. The Labute approximate surface area is 118 Å². The topological polar surface area (TPSA) is 57.8 Å². The SMILES string of the molecule is O=c1ccc2c([nH]1)CCCC2NCCc1cccnc1. The number of rotatable bonds is 4. The van der Waals surface area contributed by atoms with Gasteiger partial charge in [-0.2, -0.15) is 0 Å². The van der Waals surface area contributed by atoms with Crippen molar-refractivity contribution in [3.63, 3.8) is 0 Å². The number of nitrogens with zero attached hydrogens (tertiary/aromatic N) is 1. The van der Waals surface area contributed by atoms with E-state index in [1.54, 1.807) is 12.3 Å². The summed E-state index contributed by atoms with van der Waals surface area (Å²) >= 11 is 0. The molecule has 2 N–H and O–H groups in total. The maximum atomic E-state index is 11.4. The first-order valence-corrected chi connectivity index (χ1v) is 7.17. The summed E-state index contributed by atoms with van der Waals surface area (Å²) < 4.78 is 0. The quantitative estimate of drug-likeness (QED) is 0.892. The van der Waals surface area contributed by atoms with Gasteiger partial charge < -0.3 is 10.3 Å². The van der Waals surface area contributed by atoms with Gasteiger partial charge in [0, 0.05) is 30.2 Å². The Morgan fingerprint density at radius 1 is 1.35 bits per heavy atom. The molecule has 0 saturated heterocycles. The first-order valence-electron chi connectivity index (χ1n) is 7.17. The van der Waals surface area contributed by atoms with Crippen molar-refractivity contribution in [2.24, 2.45) is 0 Å². The van der Waals surface area contributed by atoms with Crippen LogP contribution in [0.15, 0.2) is 41.5 Å². The molecular weight excluding hydrogens is 250 g/mol. The maximum absolute atomic E-state index is 11.4. The molecular formula is C16H19N3O. The van der Waals surface area contributed by atoms with Gasteiger partial charge in [-0.15, -0.1) is 0 Å². The Balaban J connectivity index is 1.63. The van der Waals surface area contributed by atoms with Crippen LogP contribution in [0.1, 0.15) is 35.7 Å². The maximum Gasteiger partial charge on any atom is 0.248 e. The highest BCUT2D eigenvalue weighted by Crippen LogP contribution is 2.27. The fourth-order valence-corrected chi connectivity index (χ4v) is 2.85. The van der Waals surface area contributed by atoms with Crippen LogP contribution in [0.2, 0.25) is 0 Å². The summed E-state index contributed by atoms with van der Waals surface area (Å²) in [5.74, 6) is 0. The minimum absolute atomic E-state index is 0.000222. The standard InChI is InChI=1S/C16H19N3O/c20-16-7-6-13-14(4-1-5-15(13)19-16)18-10-8-12-3-2-9-17-11-12/h2-3,6-7,9,11,14,18H,1,4-5,8,10H2,(H,19,20). The van der Waals surface area contributed by atoms with E-state index in [2.05, 4.69) is 21.4 Å². The zero-order valence-corrected chi connectivity index (χ0v) is 11.4. The van der Waals surface area contributed by atoms with E-state index in [0.29, 0.717) is 6.04 Å². The first kappa shape index (κ1) is 13.1. The second-order valence-corrected chi connectivity index (χ2v) is 5.27. The Bertz CT molecular complexity index is 621. The van der Waals surface area contributed by atoms with Crippen LogP contribution in [0.25, 0.3) is 0 Å². The van der Waals surface area contributed by atoms with Crippen LogP contribution in [0.5, 0.6) is 0 Å². The van der Waals surface area contributed by atoms with Crippen molar-refractivity contribution < 1.29 is 0 Å². The third-order valence-corrected chi connectivity index (χ3v) is 3.86. The third kappa shape index (κ3) is 2.96. The molecule has 0 amide bonds. The molecule has 20 heavy (non-hydrogen) atoms. The Morgan fingerprint density at radius 2 is 2.30 bits per heavy atom. The van der Waals surface area contributed by atoms with E-state index in [9.17, 15) is 4.79 Å². The van der Waals surface area contributed by atoms with Gasteiger partial charge >= 0.3 is 0 Å². The molecule has 0 saturated carbocycles. The van der Waals surface area contributed by atoms with Gasteiger partial charge in [0.2, 0.25) is 5.56 Å². The van der Waals surface area contributed by atoms with Crippen LogP contribution in [-0.2, 0) is 12.8 Å². The van der Waals surface area contributed by atoms with Gasteiger partial charge in [-0.1, -0.05) is 12.1 Å². The fraction of sp³-hybridized carbons (Fsp3) is 0.375. The fourth-order valence-electron chi connectivity index (χ4n) is 2.85. The van der Waals surface area contributed by atoms with Crippen molar-refractivity contribution in [3.05, 3.63) is 63.8 Å². The van der Waals surface area contributed by atoms with Gasteiger partial charge in [-0.25, -0.2) is 0 Å². The van der Waals surface area contributed by atoms with E-state index in [-0.39, 0.29) is 5.56 Å². The molecule has 0 bridgehead atoms. The molecule has 0 fully saturated rings. The molecule has 0 spiro atoms. The van der Waals surface area contributed by atoms with E-state index >= 15 is 0 Å². The van der Waals surface area contributed by atoms with E-state index in [0.717, 1.165) is 37.9 Å². The van der Waals surface area contributed by atoms with Crippen molar-refractivity contribution in [1.82, 2.24) is 15.3 Å². The predicted molar refractivity (Wildman–Crippen MR) is 78.7 cm³/mol. The van der Waals surface area contributed by atoms with Crippen LogP contribution in [0.3, 0.4) is 0 Å². The highest BCUT2D eigenvalue weighted by atomic mass is 16.1. The molecule has 4 heteroatoms. The van der Waals surface area contributed by atoms with E-state index in [4.69, 9.17) is 0 Å². The lowest BCUT2D eigenvalue weighted by molar-refractivity contribution is 0.457. The Kier molecular flexibility index (Phi) is 3.92. The predicted octanol–water partition coefficient (Wildman–Crippen LogP) is 1.98. The second-order valence-electron chi connectivity index (χ2n) is 5.27. The summed E-state index contributed by atoms with van der Waals surface area (Å²) in [6.07, 6.45) is 7.91. The summed E-state index contributed by atoms with van der Waals surface area (Å²) in [6, 6.07) is 8.01. The molecule has 2 aromatic heterocycles. The lowest BCUT2D eigenvalue weighted by Gasteiger charge is -2.26. The number of pyridine rings is 2. The summed E-state index contributed by atoms with van der Waals surface area (Å²) in [5.41, 5.74) is 3.60. The summed E-state index contributed by atoms with van der Waals surface area (Å²) in [5, 5.41) is 3.60. The molecule has 1 unspecified atom stereocenters. The minimum atomic E-state index is -0.000222. The Hall–Kier alpha value is -1.94. The van der Waals surface area contributed by atoms with Gasteiger partial charge in [0.25, 0.3) is 0 Å². The van der Waals surface area contributed by atoms with Gasteiger partial charge in [-0.3, -0.25) is 9.78 Å². The number of H-pyrrole nitrogens is 1. The van der Waals surface area contributed by atoms with Crippen LogP contribution in [-0.4, -0.2) is 16.5 Å². The second kappa shape index (κ2) is 6.01. The van der Waals surface area contributed by atoms with E-state index < -0.39 is 0 Å². The molecule has 1 aliphatic rings. The van der Waals surface area contributed by atoms with Crippen LogP contribution >= 0.6 is 0 Å². The van der Waals surface area contributed by atoms with Gasteiger partial charge in [-0.05, 0) is 49.4 Å². The van der Waals surface area contributed by atoms with Gasteiger partial charge in [0.05, 0.1) is 0 Å². The third-order valence-electron chi connectivity index (χ3n) is 3.86. The number of aryl methyl sites for hydroxylation is 1. The monoisotopic (exact) mass is 269 g/mol. The number of aromatic nitrogens is 2. The number of fused-ring (bicyclic) bond motifs is 1. The normalized spacial score (nSPS) is 17.7. The molecule has 2 aromatic rings. The average Bonchev–Trinajstić information content (AvgIpc) is 2.48. The highest BCUT2D eigenvalue weighted by molar-refractivity contribution is 5.26. The number of hydrogen-bond acceptors (Lipinski definition) is 3. The van der Waals surface area contributed by atoms with Gasteiger partial charge in [0.15, 0.2) is 0 Å². The van der Waals surface area contributed by atoms with Crippen molar-refractivity contribution in [3.8, 4) is 0 Å².